The molecule has 28 heavy (non-hydrogen) atoms. The summed E-state index contributed by atoms with van der Waals surface area (Å²) in [5.74, 6) is -0.365. The summed E-state index contributed by atoms with van der Waals surface area (Å²) in [6.07, 6.45) is 14.6. The van der Waals surface area contributed by atoms with Gasteiger partial charge in [-0.25, -0.2) is 9.78 Å². The van der Waals surface area contributed by atoms with Gasteiger partial charge in [-0.15, -0.1) is 0 Å². The van der Waals surface area contributed by atoms with Gasteiger partial charge in [0.2, 0.25) is 0 Å². The van der Waals surface area contributed by atoms with Crippen LogP contribution in [0.3, 0.4) is 0 Å². The van der Waals surface area contributed by atoms with Gasteiger partial charge in [0.1, 0.15) is 11.2 Å². The van der Waals surface area contributed by atoms with Crippen LogP contribution in [0.15, 0.2) is 48.6 Å². The van der Waals surface area contributed by atoms with Gasteiger partial charge in [-0.3, -0.25) is 4.79 Å². The number of allylic oxidation sites excluding steroid dienone is 3. The SMILES string of the molecule is C[C@H](CCC=CCCC=Cc1ccccc1)C[C@]1(C)C[C@@](C)(CC(=O)O)OO1. The Bertz CT molecular complexity index is 666. The number of carboxylic acids is 1. The lowest BCUT2D eigenvalue weighted by molar-refractivity contribution is -0.346. The summed E-state index contributed by atoms with van der Waals surface area (Å²) >= 11 is 0. The number of carbonyl (C=O) groups is 1. The molecule has 1 heterocycles. The van der Waals surface area contributed by atoms with Crippen LogP contribution < -0.4 is 0 Å². The van der Waals surface area contributed by atoms with Crippen molar-refractivity contribution in [1.29, 1.82) is 0 Å². The molecule has 1 aliphatic heterocycles. The van der Waals surface area contributed by atoms with Crippen LogP contribution in [0.2, 0.25) is 0 Å². The first-order chi connectivity index (χ1) is 13.3. The largest absolute Gasteiger partial charge is 0.481 e. The summed E-state index contributed by atoms with van der Waals surface area (Å²) in [7, 11) is 0. The lowest BCUT2D eigenvalue weighted by atomic mass is 9.82. The van der Waals surface area contributed by atoms with Crippen LogP contribution in [0.5, 0.6) is 0 Å². The molecule has 0 radical (unpaired) electrons. The van der Waals surface area contributed by atoms with Gasteiger partial charge in [0, 0.05) is 6.42 Å². The molecule has 1 N–H and O–H groups in total. The van der Waals surface area contributed by atoms with Crippen LogP contribution in [0.1, 0.15) is 71.3 Å². The van der Waals surface area contributed by atoms with Crippen LogP contribution in [-0.2, 0) is 14.6 Å². The van der Waals surface area contributed by atoms with Gasteiger partial charge in [-0.05, 0) is 57.4 Å². The van der Waals surface area contributed by atoms with Crippen molar-refractivity contribution in [2.75, 3.05) is 0 Å². The minimum atomic E-state index is -0.854. The molecule has 1 fully saturated rings. The standard InChI is InChI=1S/C24H34O4/c1-20(17-23(2)19-24(3,28-27-23)18-22(25)26)13-9-6-4-5-7-10-14-21-15-11-8-12-16-21/h4,6,8,10-12,14-16,20H,5,7,9,13,17-19H2,1-3H3,(H,25,26)/t20-,23-,24-/m1/s1. The lowest BCUT2D eigenvalue weighted by Gasteiger charge is -2.25. The molecule has 1 aromatic rings. The molecule has 2 rings (SSSR count). The molecular weight excluding hydrogens is 352 g/mol. The molecule has 1 saturated heterocycles. The van der Waals surface area contributed by atoms with E-state index >= 15 is 0 Å². The van der Waals surface area contributed by atoms with Crippen molar-refractivity contribution in [3.05, 3.63) is 54.1 Å². The summed E-state index contributed by atoms with van der Waals surface area (Å²) in [4.78, 5) is 21.9. The molecule has 0 saturated carbocycles. The fourth-order valence-electron chi connectivity index (χ4n) is 4.00. The van der Waals surface area contributed by atoms with Crippen LogP contribution in [0, 0.1) is 5.92 Å². The summed E-state index contributed by atoms with van der Waals surface area (Å²) in [6, 6.07) is 10.4. The summed E-state index contributed by atoms with van der Waals surface area (Å²) < 4.78 is 0. The lowest BCUT2D eigenvalue weighted by Crippen LogP contribution is -2.31. The van der Waals surface area contributed by atoms with Gasteiger partial charge in [-0.1, -0.05) is 61.6 Å². The Labute approximate surface area is 169 Å². The molecule has 0 spiro atoms. The van der Waals surface area contributed by atoms with Crippen molar-refractivity contribution in [2.45, 2.75) is 76.9 Å². The van der Waals surface area contributed by atoms with Gasteiger partial charge in [0.25, 0.3) is 0 Å². The zero-order valence-electron chi connectivity index (χ0n) is 17.4. The van der Waals surface area contributed by atoms with E-state index in [-0.39, 0.29) is 6.42 Å². The maximum Gasteiger partial charge on any atom is 0.306 e. The average molecular weight is 387 g/mol. The van der Waals surface area contributed by atoms with Crippen molar-refractivity contribution in [1.82, 2.24) is 0 Å². The van der Waals surface area contributed by atoms with E-state index in [0.717, 1.165) is 32.1 Å². The van der Waals surface area contributed by atoms with E-state index in [4.69, 9.17) is 14.9 Å². The average Bonchev–Trinajstić information content (AvgIpc) is 2.91. The first-order valence-electron chi connectivity index (χ1n) is 10.3. The van der Waals surface area contributed by atoms with E-state index < -0.39 is 17.2 Å². The third kappa shape index (κ3) is 7.99. The fourth-order valence-corrected chi connectivity index (χ4v) is 4.00. The fraction of sp³-hybridized carbons (Fsp3) is 0.542. The molecule has 0 aromatic heterocycles. The summed E-state index contributed by atoms with van der Waals surface area (Å²) in [5.41, 5.74) is 0.106. The molecule has 1 aromatic carbocycles. The Balaban J connectivity index is 1.62. The molecule has 0 amide bonds. The van der Waals surface area contributed by atoms with Crippen LogP contribution in [0.4, 0.5) is 0 Å². The summed E-state index contributed by atoms with van der Waals surface area (Å²) in [5, 5.41) is 9.02. The van der Waals surface area contributed by atoms with E-state index in [0.29, 0.717) is 12.3 Å². The number of benzene rings is 1. The van der Waals surface area contributed by atoms with Crippen LogP contribution in [-0.4, -0.2) is 22.3 Å². The third-order valence-electron chi connectivity index (χ3n) is 5.10. The number of hydrogen-bond acceptors (Lipinski definition) is 3. The first kappa shape index (κ1) is 22.4. The number of aliphatic carboxylic acids is 1. The molecule has 0 bridgehead atoms. The highest BCUT2D eigenvalue weighted by atomic mass is 17.2. The molecule has 1 aliphatic rings. The second kappa shape index (κ2) is 10.6. The van der Waals surface area contributed by atoms with Crippen LogP contribution in [0.25, 0.3) is 6.08 Å². The monoisotopic (exact) mass is 386 g/mol. The highest BCUT2D eigenvalue weighted by Gasteiger charge is 2.47. The van der Waals surface area contributed by atoms with Crippen LogP contribution >= 0.6 is 0 Å². The maximum atomic E-state index is 11.0. The highest BCUT2D eigenvalue weighted by Crippen LogP contribution is 2.42. The van der Waals surface area contributed by atoms with E-state index in [1.807, 2.05) is 19.9 Å². The predicted molar refractivity (Wildman–Crippen MR) is 113 cm³/mol. The van der Waals surface area contributed by atoms with Crippen molar-refractivity contribution in [3.8, 4) is 0 Å². The minimum absolute atomic E-state index is 0.0293. The Morgan fingerprint density at radius 3 is 2.43 bits per heavy atom. The molecule has 4 heteroatoms. The topological polar surface area (TPSA) is 55.8 Å². The number of unbranched alkanes of at least 4 members (excludes halogenated alkanes) is 1. The van der Waals surface area contributed by atoms with E-state index in [2.05, 4.69) is 55.5 Å². The number of hydrogen-bond donors (Lipinski definition) is 1. The van der Waals surface area contributed by atoms with Crippen molar-refractivity contribution < 1.29 is 19.7 Å². The molecule has 0 unspecified atom stereocenters. The first-order valence-corrected chi connectivity index (χ1v) is 10.3. The zero-order valence-corrected chi connectivity index (χ0v) is 17.4. The maximum absolute atomic E-state index is 11.0. The van der Waals surface area contributed by atoms with E-state index in [1.165, 1.54) is 5.56 Å². The van der Waals surface area contributed by atoms with Gasteiger partial charge >= 0.3 is 5.97 Å². The number of rotatable bonds is 11. The number of carboxylic acid groups (broad SMARTS) is 1. The molecule has 3 atom stereocenters. The van der Waals surface area contributed by atoms with Gasteiger partial charge in [0.15, 0.2) is 0 Å². The normalized spacial score (nSPS) is 26.2. The van der Waals surface area contributed by atoms with Gasteiger partial charge < -0.3 is 5.11 Å². The molecule has 4 nitrogen and oxygen atoms in total. The predicted octanol–water partition coefficient (Wildman–Crippen LogP) is 6.19. The Morgan fingerprint density at radius 1 is 1.07 bits per heavy atom. The van der Waals surface area contributed by atoms with Gasteiger partial charge in [-0.2, -0.15) is 0 Å². The highest BCUT2D eigenvalue weighted by molar-refractivity contribution is 5.68. The Hall–Kier alpha value is -1.91. The Morgan fingerprint density at radius 2 is 1.71 bits per heavy atom. The minimum Gasteiger partial charge on any atom is -0.481 e. The smallest absolute Gasteiger partial charge is 0.306 e. The molecule has 154 valence electrons. The van der Waals surface area contributed by atoms with Crippen molar-refractivity contribution in [3.63, 3.8) is 0 Å². The second-order valence-corrected chi connectivity index (χ2v) is 8.56. The third-order valence-corrected chi connectivity index (χ3v) is 5.10. The quantitative estimate of drug-likeness (QED) is 0.280. The zero-order chi connectivity index (χ0) is 20.5. The van der Waals surface area contributed by atoms with Crippen molar-refractivity contribution >= 4 is 12.0 Å². The van der Waals surface area contributed by atoms with E-state index in [9.17, 15) is 4.79 Å². The van der Waals surface area contributed by atoms with Crippen molar-refractivity contribution in [2.24, 2.45) is 5.92 Å². The second-order valence-electron chi connectivity index (χ2n) is 8.56. The van der Waals surface area contributed by atoms with Gasteiger partial charge in [0.05, 0.1) is 6.42 Å². The van der Waals surface area contributed by atoms with E-state index in [1.54, 1.807) is 0 Å². The Kier molecular flexibility index (Phi) is 8.46. The molecule has 0 aliphatic carbocycles. The summed E-state index contributed by atoms with van der Waals surface area (Å²) in [6.45, 7) is 6.05. The molecular formula is C24H34O4.